The number of rotatable bonds is 5. The van der Waals surface area contributed by atoms with E-state index in [1.165, 1.54) is 5.56 Å². The van der Waals surface area contributed by atoms with Gasteiger partial charge >= 0.3 is 0 Å². The van der Waals surface area contributed by atoms with Crippen molar-refractivity contribution < 1.29 is 4.79 Å². The van der Waals surface area contributed by atoms with Crippen LogP contribution in [0.1, 0.15) is 29.8 Å². The SMILES string of the molecule is CC(C)(Nc1ccc(-c2ccc(C(N)=O)cc2)nn1)c1ccccc1. The molecule has 5 nitrogen and oxygen atoms in total. The Morgan fingerprint density at radius 1 is 0.920 bits per heavy atom. The van der Waals surface area contributed by atoms with Crippen LogP contribution >= 0.6 is 0 Å². The first-order chi connectivity index (χ1) is 12.0. The second kappa shape index (κ2) is 6.73. The molecule has 1 aromatic heterocycles. The quantitative estimate of drug-likeness (QED) is 0.748. The topological polar surface area (TPSA) is 80.9 Å². The summed E-state index contributed by atoms with van der Waals surface area (Å²) in [6.45, 7) is 4.20. The number of nitrogens with zero attached hydrogens (tertiary/aromatic N) is 2. The summed E-state index contributed by atoms with van der Waals surface area (Å²) in [7, 11) is 0. The molecular weight excluding hydrogens is 312 g/mol. The number of aromatic nitrogens is 2. The van der Waals surface area contributed by atoms with Gasteiger partial charge in [-0.05, 0) is 43.7 Å². The second-order valence-electron chi connectivity index (χ2n) is 6.36. The van der Waals surface area contributed by atoms with Gasteiger partial charge in [0.15, 0.2) is 0 Å². The van der Waals surface area contributed by atoms with Gasteiger partial charge in [-0.3, -0.25) is 4.79 Å². The van der Waals surface area contributed by atoms with Crippen molar-refractivity contribution in [1.82, 2.24) is 10.2 Å². The van der Waals surface area contributed by atoms with Crippen LogP contribution in [0.2, 0.25) is 0 Å². The summed E-state index contributed by atoms with van der Waals surface area (Å²) in [6.07, 6.45) is 0. The van der Waals surface area contributed by atoms with E-state index < -0.39 is 5.91 Å². The van der Waals surface area contributed by atoms with Crippen LogP contribution in [0.5, 0.6) is 0 Å². The highest BCUT2D eigenvalue weighted by molar-refractivity contribution is 5.93. The lowest BCUT2D eigenvalue weighted by Crippen LogP contribution is -2.28. The third-order valence-corrected chi connectivity index (χ3v) is 4.07. The standard InChI is InChI=1S/C20H20N4O/c1-20(2,16-6-4-3-5-7-16)22-18-13-12-17(23-24-18)14-8-10-15(11-9-14)19(21)25/h3-13H,1-2H3,(H2,21,25)(H,22,24). The Bertz CT molecular complexity index is 856. The third kappa shape index (κ3) is 3.83. The van der Waals surface area contributed by atoms with Crippen LogP contribution in [0.3, 0.4) is 0 Å². The zero-order valence-electron chi connectivity index (χ0n) is 14.2. The Hall–Kier alpha value is -3.21. The van der Waals surface area contributed by atoms with Crippen LogP contribution in [0.4, 0.5) is 5.82 Å². The average Bonchev–Trinajstić information content (AvgIpc) is 2.63. The predicted molar refractivity (Wildman–Crippen MR) is 99.1 cm³/mol. The normalized spacial score (nSPS) is 11.1. The summed E-state index contributed by atoms with van der Waals surface area (Å²) in [5.74, 6) is 0.256. The molecular formula is C20H20N4O. The van der Waals surface area contributed by atoms with E-state index in [2.05, 4.69) is 41.5 Å². The summed E-state index contributed by atoms with van der Waals surface area (Å²) in [4.78, 5) is 11.1. The Balaban J connectivity index is 1.77. The zero-order valence-corrected chi connectivity index (χ0v) is 14.2. The maximum absolute atomic E-state index is 11.1. The van der Waals surface area contributed by atoms with Crippen LogP contribution in [0, 0.1) is 0 Å². The molecule has 2 aromatic carbocycles. The van der Waals surface area contributed by atoms with Crippen molar-refractivity contribution in [3.05, 3.63) is 77.9 Å². The molecule has 0 fully saturated rings. The van der Waals surface area contributed by atoms with Gasteiger partial charge in [0.25, 0.3) is 0 Å². The minimum atomic E-state index is -0.444. The lowest BCUT2D eigenvalue weighted by Gasteiger charge is -2.27. The maximum Gasteiger partial charge on any atom is 0.248 e. The minimum Gasteiger partial charge on any atom is -0.366 e. The van der Waals surface area contributed by atoms with Gasteiger partial charge in [-0.15, -0.1) is 10.2 Å². The van der Waals surface area contributed by atoms with E-state index in [0.717, 1.165) is 11.3 Å². The Morgan fingerprint density at radius 2 is 1.60 bits per heavy atom. The van der Waals surface area contributed by atoms with Gasteiger partial charge in [0.05, 0.1) is 11.2 Å². The molecule has 3 aromatic rings. The number of carbonyl (C=O) groups excluding carboxylic acids is 1. The van der Waals surface area contributed by atoms with Gasteiger partial charge in [-0.25, -0.2) is 0 Å². The molecule has 0 unspecified atom stereocenters. The molecule has 1 amide bonds. The Labute approximate surface area is 146 Å². The predicted octanol–water partition coefficient (Wildman–Crippen LogP) is 3.59. The van der Waals surface area contributed by atoms with E-state index >= 15 is 0 Å². The zero-order chi connectivity index (χ0) is 17.9. The average molecular weight is 332 g/mol. The van der Waals surface area contributed by atoms with Crippen LogP contribution in [-0.2, 0) is 5.54 Å². The van der Waals surface area contributed by atoms with Crippen LogP contribution in [-0.4, -0.2) is 16.1 Å². The van der Waals surface area contributed by atoms with Crippen molar-refractivity contribution in [2.45, 2.75) is 19.4 Å². The fraction of sp³-hybridized carbons (Fsp3) is 0.150. The number of nitrogens with one attached hydrogen (secondary N) is 1. The molecule has 3 rings (SSSR count). The fourth-order valence-electron chi connectivity index (χ4n) is 2.61. The number of anilines is 1. The number of nitrogens with two attached hydrogens (primary N) is 1. The first-order valence-corrected chi connectivity index (χ1v) is 8.03. The van der Waals surface area contributed by atoms with Crippen molar-refractivity contribution in [2.75, 3.05) is 5.32 Å². The van der Waals surface area contributed by atoms with Gasteiger partial charge in [0.2, 0.25) is 5.91 Å². The van der Waals surface area contributed by atoms with Gasteiger partial charge in [0, 0.05) is 11.1 Å². The van der Waals surface area contributed by atoms with E-state index in [1.54, 1.807) is 12.1 Å². The summed E-state index contributed by atoms with van der Waals surface area (Å²) < 4.78 is 0. The van der Waals surface area contributed by atoms with Crippen molar-refractivity contribution in [3.8, 4) is 11.3 Å². The summed E-state index contributed by atoms with van der Waals surface area (Å²) in [6, 6.07) is 21.0. The number of primary amides is 1. The van der Waals surface area contributed by atoms with Crippen molar-refractivity contribution in [1.29, 1.82) is 0 Å². The van der Waals surface area contributed by atoms with Crippen molar-refractivity contribution in [3.63, 3.8) is 0 Å². The molecule has 0 atom stereocenters. The summed E-state index contributed by atoms with van der Waals surface area (Å²) in [5.41, 5.74) is 8.25. The minimum absolute atomic E-state index is 0.263. The number of amides is 1. The van der Waals surface area contributed by atoms with Crippen LogP contribution in [0.25, 0.3) is 11.3 Å². The highest BCUT2D eigenvalue weighted by Gasteiger charge is 2.20. The van der Waals surface area contributed by atoms with Crippen LogP contribution < -0.4 is 11.1 Å². The maximum atomic E-state index is 11.1. The molecule has 0 aliphatic carbocycles. The summed E-state index contributed by atoms with van der Waals surface area (Å²) >= 11 is 0. The highest BCUT2D eigenvalue weighted by atomic mass is 16.1. The molecule has 0 aliphatic rings. The molecule has 0 saturated carbocycles. The number of benzene rings is 2. The molecule has 5 heteroatoms. The molecule has 0 radical (unpaired) electrons. The lowest BCUT2D eigenvalue weighted by molar-refractivity contribution is 0.100. The molecule has 0 aliphatic heterocycles. The van der Waals surface area contributed by atoms with Gasteiger partial charge in [0.1, 0.15) is 5.82 Å². The Kier molecular flexibility index (Phi) is 4.48. The van der Waals surface area contributed by atoms with Gasteiger partial charge < -0.3 is 11.1 Å². The van der Waals surface area contributed by atoms with E-state index in [1.807, 2.05) is 42.5 Å². The molecule has 0 saturated heterocycles. The number of hydrogen-bond donors (Lipinski definition) is 2. The van der Waals surface area contributed by atoms with Gasteiger partial charge in [-0.1, -0.05) is 42.5 Å². The first-order valence-electron chi connectivity index (χ1n) is 8.03. The Morgan fingerprint density at radius 3 is 2.16 bits per heavy atom. The first kappa shape index (κ1) is 16.6. The lowest BCUT2D eigenvalue weighted by atomic mass is 9.94. The third-order valence-electron chi connectivity index (χ3n) is 4.07. The second-order valence-corrected chi connectivity index (χ2v) is 6.36. The monoisotopic (exact) mass is 332 g/mol. The van der Waals surface area contributed by atoms with Crippen molar-refractivity contribution >= 4 is 11.7 Å². The summed E-state index contributed by atoms with van der Waals surface area (Å²) in [5, 5.41) is 11.9. The smallest absolute Gasteiger partial charge is 0.248 e. The molecule has 25 heavy (non-hydrogen) atoms. The van der Waals surface area contributed by atoms with Crippen molar-refractivity contribution in [2.24, 2.45) is 5.73 Å². The molecule has 0 bridgehead atoms. The van der Waals surface area contributed by atoms with Gasteiger partial charge in [-0.2, -0.15) is 0 Å². The van der Waals surface area contributed by atoms with E-state index in [0.29, 0.717) is 11.4 Å². The number of carbonyl (C=O) groups is 1. The molecule has 3 N–H and O–H groups in total. The van der Waals surface area contributed by atoms with E-state index in [9.17, 15) is 4.79 Å². The van der Waals surface area contributed by atoms with Crippen LogP contribution in [0.15, 0.2) is 66.7 Å². The van der Waals surface area contributed by atoms with E-state index in [4.69, 9.17) is 5.73 Å². The highest BCUT2D eigenvalue weighted by Crippen LogP contribution is 2.25. The molecule has 126 valence electrons. The molecule has 1 heterocycles. The molecule has 0 spiro atoms. The van der Waals surface area contributed by atoms with E-state index in [-0.39, 0.29) is 5.54 Å². The fourth-order valence-corrected chi connectivity index (χ4v) is 2.61. The largest absolute Gasteiger partial charge is 0.366 e. The number of hydrogen-bond acceptors (Lipinski definition) is 4.